The molecule has 4 rings (SSSR count). The number of hydrogen-bond donors (Lipinski definition) is 2. The molecule has 1 aromatic heterocycles. The van der Waals surface area contributed by atoms with E-state index >= 15 is 0 Å². The first-order chi connectivity index (χ1) is 19.1. The van der Waals surface area contributed by atoms with Crippen LogP contribution in [0.5, 0.6) is 17.2 Å². The van der Waals surface area contributed by atoms with E-state index in [2.05, 4.69) is 15.0 Å². The second-order valence-electron chi connectivity index (χ2n) is 8.96. The summed E-state index contributed by atoms with van der Waals surface area (Å²) in [6.07, 6.45) is -0.0938. The van der Waals surface area contributed by atoms with Gasteiger partial charge in [-0.25, -0.2) is 14.2 Å². The maximum Gasteiger partial charge on any atom is 0.405 e. The van der Waals surface area contributed by atoms with Gasteiger partial charge in [-0.15, -0.1) is 0 Å². The van der Waals surface area contributed by atoms with Crippen LogP contribution in [0.2, 0.25) is 0 Å². The SMILES string of the molecule is CCOc1ccc(C(=O)NCc2nc(-c3ccc(OC(F)F)c(OCC4CC4)c3)oc2[C@H](C)OC(N)=O)c(F)c1. The Bertz CT molecular complexity index is 1360. The van der Waals surface area contributed by atoms with Crippen molar-refractivity contribution in [2.45, 2.75) is 45.9 Å². The molecule has 13 heteroatoms. The minimum Gasteiger partial charge on any atom is -0.494 e. The molecule has 0 unspecified atom stereocenters. The molecule has 0 radical (unpaired) electrons. The molecule has 2 amide bonds. The predicted molar refractivity (Wildman–Crippen MR) is 135 cm³/mol. The number of nitrogens with two attached hydrogens (primary N) is 1. The summed E-state index contributed by atoms with van der Waals surface area (Å²) in [6.45, 7) is 0.625. The van der Waals surface area contributed by atoms with Gasteiger partial charge in [0.25, 0.3) is 5.91 Å². The van der Waals surface area contributed by atoms with E-state index in [1.165, 1.54) is 37.3 Å². The van der Waals surface area contributed by atoms with Crippen LogP contribution >= 0.6 is 0 Å². The van der Waals surface area contributed by atoms with Crippen LogP contribution in [0.1, 0.15) is 54.6 Å². The fourth-order valence-electron chi connectivity index (χ4n) is 3.79. The maximum atomic E-state index is 14.5. The minimum absolute atomic E-state index is 0.0197. The molecule has 10 nitrogen and oxygen atoms in total. The van der Waals surface area contributed by atoms with Gasteiger partial charge >= 0.3 is 12.7 Å². The number of amides is 2. The smallest absolute Gasteiger partial charge is 0.405 e. The summed E-state index contributed by atoms with van der Waals surface area (Å²) in [5, 5.41) is 2.56. The van der Waals surface area contributed by atoms with Crippen LogP contribution in [0.25, 0.3) is 11.5 Å². The second kappa shape index (κ2) is 12.6. The third kappa shape index (κ3) is 7.36. The summed E-state index contributed by atoms with van der Waals surface area (Å²) in [5.41, 5.74) is 5.44. The molecule has 3 N–H and O–H groups in total. The van der Waals surface area contributed by atoms with E-state index in [9.17, 15) is 22.8 Å². The number of benzene rings is 2. The van der Waals surface area contributed by atoms with E-state index in [4.69, 9.17) is 24.4 Å². The monoisotopic (exact) mass is 563 g/mol. The largest absolute Gasteiger partial charge is 0.494 e. The van der Waals surface area contributed by atoms with E-state index in [-0.39, 0.29) is 46.7 Å². The van der Waals surface area contributed by atoms with Gasteiger partial charge in [-0.2, -0.15) is 8.78 Å². The number of aromatic nitrogens is 1. The zero-order valence-corrected chi connectivity index (χ0v) is 21.7. The fraction of sp³-hybridized carbons (Fsp3) is 0.370. The first kappa shape index (κ1) is 28.6. The normalized spacial score (nSPS) is 13.6. The summed E-state index contributed by atoms with van der Waals surface area (Å²) in [4.78, 5) is 28.5. The molecule has 214 valence electrons. The Kier molecular flexibility index (Phi) is 9.02. The van der Waals surface area contributed by atoms with Crippen LogP contribution in [0, 0.1) is 11.7 Å². The molecule has 1 aliphatic carbocycles. The number of ether oxygens (including phenoxy) is 4. The number of hydrogen-bond acceptors (Lipinski definition) is 8. The number of alkyl halides is 2. The molecule has 1 fully saturated rings. The quantitative estimate of drug-likeness (QED) is 0.284. The molecule has 0 aliphatic heterocycles. The van der Waals surface area contributed by atoms with Crippen molar-refractivity contribution >= 4 is 12.0 Å². The average Bonchev–Trinajstić information content (AvgIpc) is 3.62. The molecular weight excluding hydrogens is 535 g/mol. The van der Waals surface area contributed by atoms with E-state index in [0.717, 1.165) is 18.9 Å². The zero-order valence-electron chi connectivity index (χ0n) is 21.7. The third-order valence-electron chi connectivity index (χ3n) is 5.88. The number of rotatable bonds is 13. The lowest BCUT2D eigenvalue weighted by atomic mass is 10.2. The van der Waals surface area contributed by atoms with Gasteiger partial charge < -0.3 is 34.4 Å². The van der Waals surface area contributed by atoms with Gasteiger partial charge in [0.2, 0.25) is 5.89 Å². The van der Waals surface area contributed by atoms with Gasteiger partial charge in [0.05, 0.1) is 25.3 Å². The topological polar surface area (TPSA) is 135 Å². The van der Waals surface area contributed by atoms with Crippen LogP contribution in [0.4, 0.5) is 18.0 Å². The summed E-state index contributed by atoms with van der Waals surface area (Å²) in [5.74, 6) is -0.876. The molecule has 1 saturated carbocycles. The molecule has 0 bridgehead atoms. The number of carbonyl (C=O) groups is 2. The molecule has 3 aromatic rings. The highest BCUT2D eigenvalue weighted by Gasteiger charge is 2.26. The Balaban J connectivity index is 1.59. The van der Waals surface area contributed by atoms with Crippen LogP contribution < -0.4 is 25.3 Å². The highest BCUT2D eigenvalue weighted by atomic mass is 19.3. The standard InChI is InChI=1S/C27H28F3N3O7/c1-3-36-17-7-8-18(19(28)11-17)24(34)32-12-20-23(14(2)38-27(31)35)40-25(33-20)16-6-9-21(39-26(29)30)22(10-16)37-13-15-4-5-15/h6-11,14-15,26H,3-5,12-13H2,1-2H3,(H2,31,35)(H,32,34)/t14-/m0/s1. The maximum absolute atomic E-state index is 14.5. The van der Waals surface area contributed by atoms with Crippen molar-refractivity contribution in [3.05, 3.63) is 59.2 Å². The van der Waals surface area contributed by atoms with Crippen molar-refractivity contribution in [3.63, 3.8) is 0 Å². The second-order valence-corrected chi connectivity index (χ2v) is 8.96. The summed E-state index contributed by atoms with van der Waals surface area (Å²) in [6, 6.07) is 8.03. The molecule has 0 spiro atoms. The Morgan fingerprint density at radius 2 is 1.93 bits per heavy atom. The molecule has 1 heterocycles. The van der Waals surface area contributed by atoms with Crippen molar-refractivity contribution in [2.24, 2.45) is 11.7 Å². The highest BCUT2D eigenvalue weighted by Crippen LogP contribution is 2.37. The van der Waals surface area contributed by atoms with Crippen molar-refractivity contribution < 1.29 is 46.1 Å². The third-order valence-corrected chi connectivity index (χ3v) is 5.88. The Labute approximate surface area is 227 Å². The van der Waals surface area contributed by atoms with Gasteiger partial charge in [-0.05, 0) is 62.9 Å². The lowest BCUT2D eigenvalue weighted by Gasteiger charge is -2.13. The fourth-order valence-corrected chi connectivity index (χ4v) is 3.79. The highest BCUT2D eigenvalue weighted by molar-refractivity contribution is 5.94. The molecule has 40 heavy (non-hydrogen) atoms. The minimum atomic E-state index is -3.05. The first-order valence-electron chi connectivity index (χ1n) is 12.5. The lowest BCUT2D eigenvalue weighted by molar-refractivity contribution is -0.0515. The molecule has 1 atom stereocenters. The van der Waals surface area contributed by atoms with Gasteiger partial charge in [0, 0.05) is 11.6 Å². The Morgan fingerprint density at radius 3 is 2.58 bits per heavy atom. The van der Waals surface area contributed by atoms with Gasteiger partial charge in [-0.1, -0.05) is 0 Å². The number of nitrogens with one attached hydrogen (secondary N) is 1. The number of halogens is 3. The van der Waals surface area contributed by atoms with Crippen molar-refractivity contribution in [2.75, 3.05) is 13.2 Å². The van der Waals surface area contributed by atoms with E-state index in [1.54, 1.807) is 6.92 Å². The van der Waals surface area contributed by atoms with Crippen LogP contribution in [0.15, 0.2) is 40.8 Å². The number of oxazole rings is 1. The Hall–Kier alpha value is -4.42. The molecule has 1 aliphatic rings. The van der Waals surface area contributed by atoms with Gasteiger partial charge in [0.15, 0.2) is 23.4 Å². The van der Waals surface area contributed by atoms with Crippen molar-refractivity contribution in [1.82, 2.24) is 10.3 Å². The van der Waals surface area contributed by atoms with Crippen LogP contribution in [-0.4, -0.2) is 36.8 Å². The molecular formula is C27H28F3N3O7. The van der Waals surface area contributed by atoms with Crippen molar-refractivity contribution in [1.29, 1.82) is 0 Å². The molecule has 2 aromatic carbocycles. The van der Waals surface area contributed by atoms with E-state index < -0.39 is 30.5 Å². The number of primary amides is 1. The number of carbonyl (C=O) groups excluding carboxylic acids is 2. The number of nitrogens with zero attached hydrogens (tertiary/aromatic N) is 1. The zero-order chi connectivity index (χ0) is 28.8. The van der Waals surface area contributed by atoms with Gasteiger partial charge in [0.1, 0.15) is 17.3 Å². The van der Waals surface area contributed by atoms with Crippen LogP contribution in [0.3, 0.4) is 0 Å². The summed E-state index contributed by atoms with van der Waals surface area (Å²) >= 11 is 0. The van der Waals surface area contributed by atoms with Crippen molar-refractivity contribution in [3.8, 4) is 28.7 Å². The summed E-state index contributed by atoms with van der Waals surface area (Å²) < 4.78 is 66.7. The Morgan fingerprint density at radius 1 is 1.15 bits per heavy atom. The lowest BCUT2D eigenvalue weighted by Crippen LogP contribution is -2.25. The van der Waals surface area contributed by atoms with Crippen LogP contribution in [-0.2, 0) is 11.3 Å². The van der Waals surface area contributed by atoms with Gasteiger partial charge in [-0.3, -0.25) is 4.79 Å². The summed E-state index contributed by atoms with van der Waals surface area (Å²) in [7, 11) is 0. The average molecular weight is 564 g/mol. The first-order valence-corrected chi connectivity index (χ1v) is 12.5. The van der Waals surface area contributed by atoms with E-state index in [1.807, 2.05) is 0 Å². The van der Waals surface area contributed by atoms with E-state index in [0.29, 0.717) is 24.7 Å². The molecule has 0 saturated heterocycles. The predicted octanol–water partition coefficient (Wildman–Crippen LogP) is 5.36.